The van der Waals surface area contributed by atoms with E-state index in [1.165, 1.54) is 0 Å². The van der Waals surface area contributed by atoms with Crippen LogP contribution in [0.5, 0.6) is 0 Å². The molecule has 3 aliphatic rings. The fraction of sp³-hybridized carbons (Fsp3) is 0.850. The fourth-order valence-corrected chi connectivity index (χ4v) is 8.10. The van der Waals surface area contributed by atoms with Gasteiger partial charge in [-0.15, -0.1) is 0 Å². The predicted molar refractivity (Wildman–Crippen MR) is 107 cm³/mol. The molecule has 2 saturated carbocycles. The first-order valence-corrected chi connectivity index (χ1v) is 11.4. The molecule has 0 radical (unpaired) electrons. The van der Waals surface area contributed by atoms with Crippen LogP contribution in [0.1, 0.15) is 47.0 Å². The zero-order valence-electron chi connectivity index (χ0n) is 15.5. The Bertz CT molecular complexity index is 587. The summed E-state index contributed by atoms with van der Waals surface area (Å²) in [7, 11) is 0. The summed E-state index contributed by atoms with van der Waals surface area (Å²) in [4.78, 5) is 13.2. The largest absolute Gasteiger partial charge is 0.390 e. The average Bonchev–Trinajstić information content (AvgIpc) is 2.53. The van der Waals surface area contributed by atoms with E-state index in [1.54, 1.807) is 13.0 Å². The Kier molecular flexibility index (Phi) is 5.15. The molecule has 5 heteroatoms. The van der Waals surface area contributed by atoms with Crippen LogP contribution in [0.2, 0.25) is 0 Å². The first-order chi connectivity index (χ1) is 11.5. The molecule has 3 nitrogen and oxygen atoms in total. The third kappa shape index (κ3) is 2.67. The molecular weight excluding hydrogens is 448 g/mol. The van der Waals surface area contributed by atoms with E-state index >= 15 is 0 Å². The number of carbonyl (C=O) groups excluding carboxylic acids is 1. The summed E-state index contributed by atoms with van der Waals surface area (Å²) in [6.07, 6.45) is 5.43. The van der Waals surface area contributed by atoms with E-state index in [2.05, 4.69) is 58.7 Å². The van der Waals surface area contributed by atoms with E-state index in [-0.39, 0.29) is 33.3 Å². The summed E-state index contributed by atoms with van der Waals surface area (Å²) in [5.74, 6) is 0.294. The molecule has 0 aromatic rings. The van der Waals surface area contributed by atoms with E-state index < -0.39 is 11.7 Å². The molecule has 8 atom stereocenters. The Morgan fingerprint density at radius 1 is 1.32 bits per heavy atom. The highest BCUT2D eigenvalue weighted by atomic mass is 79.9. The van der Waals surface area contributed by atoms with Gasteiger partial charge in [0.25, 0.3) is 0 Å². The summed E-state index contributed by atoms with van der Waals surface area (Å²) in [6, 6.07) is 0. The van der Waals surface area contributed by atoms with Crippen LogP contribution < -0.4 is 0 Å². The number of carbonyl (C=O) groups is 1. The van der Waals surface area contributed by atoms with Crippen molar-refractivity contribution in [3.63, 3.8) is 0 Å². The second-order valence-corrected chi connectivity index (χ2v) is 11.0. The molecule has 0 spiro atoms. The molecule has 0 amide bonds. The topological polar surface area (TPSA) is 57.5 Å². The van der Waals surface area contributed by atoms with Gasteiger partial charge in [-0.2, -0.15) is 0 Å². The number of hydrogen-bond acceptors (Lipinski definition) is 3. The van der Waals surface area contributed by atoms with Gasteiger partial charge in [0.1, 0.15) is 0 Å². The van der Waals surface area contributed by atoms with Crippen LogP contribution in [0.25, 0.3) is 0 Å². The molecule has 1 unspecified atom stereocenters. The number of aliphatic hydroxyl groups excluding tert-OH is 1. The van der Waals surface area contributed by atoms with Crippen LogP contribution in [0, 0.1) is 34.5 Å². The van der Waals surface area contributed by atoms with Gasteiger partial charge in [0.2, 0.25) is 0 Å². The summed E-state index contributed by atoms with van der Waals surface area (Å²) >= 11 is 7.53. The molecular formula is C20H30Br2O3. The molecule has 3 aliphatic carbocycles. The van der Waals surface area contributed by atoms with Crippen molar-refractivity contribution in [3.05, 3.63) is 12.2 Å². The molecule has 0 aromatic carbocycles. The molecule has 142 valence electrons. The second kappa shape index (κ2) is 6.42. The number of fused-ring (bicyclic) bond motifs is 3. The second-order valence-electron chi connectivity index (χ2n) is 9.30. The molecule has 3 rings (SSSR count). The van der Waals surface area contributed by atoms with Crippen molar-refractivity contribution in [1.82, 2.24) is 0 Å². The molecule has 0 aromatic heterocycles. The molecule has 2 fully saturated rings. The fourth-order valence-electron chi connectivity index (χ4n) is 6.23. The summed E-state index contributed by atoms with van der Waals surface area (Å²) < 4.78 is 0. The predicted octanol–water partition coefficient (Wildman–Crippen LogP) is 4.09. The Balaban J connectivity index is 2.19. The Labute approximate surface area is 167 Å². The maximum atomic E-state index is 13.1. The molecule has 0 bridgehead atoms. The molecule has 2 N–H and O–H groups in total. The zero-order chi connectivity index (χ0) is 18.8. The monoisotopic (exact) mass is 476 g/mol. The lowest BCUT2D eigenvalue weighted by Gasteiger charge is -2.65. The number of allylic oxidation sites excluding steroid dienone is 2. The normalized spacial score (nSPS) is 52.8. The van der Waals surface area contributed by atoms with Gasteiger partial charge in [-0.25, -0.2) is 0 Å². The lowest BCUT2D eigenvalue weighted by atomic mass is 9.41. The van der Waals surface area contributed by atoms with Crippen LogP contribution >= 0.6 is 31.9 Å². The average molecular weight is 478 g/mol. The van der Waals surface area contributed by atoms with Crippen molar-refractivity contribution >= 4 is 37.6 Å². The highest BCUT2D eigenvalue weighted by Gasteiger charge is 2.68. The van der Waals surface area contributed by atoms with Crippen LogP contribution in [0.15, 0.2) is 12.2 Å². The van der Waals surface area contributed by atoms with Gasteiger partial charge in [-0.3, -0.25) is 4.79 Å². The van der Waals surface area contributed by atoms with Crippen molar-refractivity contribution in [1.29, 1.82) is 0 Å². The lowest BCUT2D eigenvalue weighted by Crippen LogP contribution is -2.69. The Morgan fingerprint density at radius 2 is 1.96 bits per heavy atom. The first-order valence-electron chi connectivity index (χ1n) is 9.35. The van der Waals surface area contributed by atoms with Crippen LogP contribution in [-0.4, -0.2) is 37.9 Å². The van der Waals surface area contributed by atoms with E-state index in [4.69, 9.17) is 0 Å². The minimum Gasteiger partial charge on any atom is -0.390 e. The van der Waals surface area contributed by atoms with Gasteiger partial charge in [0, 0.05) is 22.0 Å². The maximum Gasteiger partial charge on any atom is 0.159 e. The van der Waals surface area contributed by atoms with Gasteiger partial charge >= 0.3 is 0 Å². The smallest absolute Gasteiger partial charge is 0.159 e. The Morgan fingerprint density at radius 3 is 2.52 bits per heavy atom. The van der Waals surface area contributed by atoms with Crippen molar-refractivity contribution in [2.75, 3.05) is 5.33 Å². The standard InChI is InChI=1S/C20H30Br2O3/c1-11(2)12-5-6-13(23)16-17-18(3,7-8-20(12,16)10-21)14(22)9-15(24)19(17,4)25/h5-6,11-12,14-17,24-25H,7-10H2,1-4H3/t12-,14-,15-,16-,17-,18+,19?,20-/m0/s1. The number of halogens is 2. The third-order valence-corrected chi connectivity index (χ3v) is 10.1. The molecule has 0 aliphatic heterocycles. The highest BCUT2D eigenvalue weighted by molar-refractivity contribution is 9.09. The molecule has 0 heterocycles. The zero-order valence-corrected chi connectivity index (χ0v) is 18.7. The van der Waals surface area contributed by atoms with Gasteiger partial charge < -0.3 is 10.2 Å². The van der Waals surface area contributed by atoms with Crippen molar-refractivity contribution in [2.45, 2.75) is 63.5 Å². The quantitative estimate of drug-likeness (QED) is 0.589. The van der Waals surface area contributed by atoms with E-state index in [0.29, 0.717) is 18.3 Å². The van der Waals surface area contributed by atoms with Gasteiger partial charge in [-0.1, -0.05) is 58.7 Å². The molecule has 0 saturated heterocycles. The third-order valence-electron chi connectivity index (χ3n) is 7.65. The van der Waals surface area contributed by atoms with Crippen molar-refractivity contribution < 1.29 is 15.0 Å². The maximum absolute atomic E-state index is 13.1. The van der Waals surface area contributed by atoms with E-state index in [1.807, 2.05) is 0 Å². The summed E-state index contributed by atoms with van der Waals surface area (Å²) in [5, 5.41) is 22.7. The van der Waals surface area contributed by atoms with Gasteiger partial charge in [-0.05, 0) is 54.9 Å². The number of aliphatic hydroxyl groups is 2. The number of hydrogen-bond donors (Lipinski definition) is 2. The van der Waals surface area contributed by atoms with Gasteiger partial charge in [0.05, 0.1) is 11.7 Å². The number of ketones is 1. The van der Waals surface area contributed by atoms with Gasteiger partial charge in [0.15, 0.2) is 5.78 Å². The highest BCUT2D eigenvalue weighted by Crippen LogP contribution is 2.66. The lowest BCUT2D eigenvalue weighted by molar-refractivity contribution is -0.218. The minimum atomic E-state index is -1.26. The molecule has 25 heavy (non-hydrogen) atoms. The number of rotatable bonds is 2. The number of alkyl halides is 2. The minimum absolute atomic E-state index is 0.102. The summed E-state index contributed by atoms with van der Waals surface area (Å²) in [6.45, 7) is 8.34. The van der Waals surface area contributed by atoms with Crippen LogP contribution in [0.4, 0.5) is 0 Å². The van der Waals surface area contributed by atoms with E-state index in [0.717, 1.165) is 18.2 Å². The van der Waals surface area contributed by atoms with Crippen LogP contribution in [-0.2, 0) is 4.79 Å². The van der Waals surface area contributed by atoms with Crippen molar-refractivity contribution in [2.24, 2.45) is 34.5 Å². The SMILES string of the molecule is CC(C)[C@@H]1C=CC(=O)[C@H]2[C@@H]3C(C)(O)[C@@H](O)C[C@H](Br)[C@@]3(C)CC[C@]12CBr. The van der Waals surface area contributed by atoms with Crippen LogP contribution in [0.3, 0.4) is 0 Å². The Hall–Kier alpha value is 0.290. The van der Waals surface area contributed by atoms with Crippen molar-refractivity contribution in [3.8, 4) is 0 Å². The summed E-state index contributed by atoms with van der Waals surface area (Å²) in [5.41, 5.74) is -1.67. The first kappa shape index (κ1) is 20.0. The van der Waals surface area contributed by atoms with E-state index in [9.17, 15) is 15.0 Å².